The quantitative estimate of drug-likeness (QED) is 0.0345. The van der Waals surface area contributed by atoms with Crippen LogP contribution < -0.4 is 0 Å². The van der Waals surface area contributed by atoms with Crippen LogP contribution in [0.5, 0.6) is 0 Å². The molecule has 1 atom stereocenters. The van der Waals surface area contributed by atoms with E-state index in [9.17, 15) is 9.59 Å². The lowest BCUT2D eigenvalue weighted by molar-refractivity contribution is -0.163. The van der Waals surface area contributed by atoms with Crippen LogP contribution in [0.1, 0.15) is 303 Å². The second-order valence-corrected chi connectivity index (χ2v) is 20.6. The predicted octanol–water partition coefficient (Wildman–Crippen LogP) is 21.6. The fraction of sp³-hybridized carbons (Fsp3) is 0.761. The highest BCUT2D eigenvalue weighted by molar-refractivity contribution is 5.70. The van der Waals surface area contributed by atoms with Crippen LogP contribution in [0.2, 0.25) is 0 Å². The van der Waals surface area contributed by atoms with Crippen LogP contribution in [0.4, 0.5) is 0 Å². The van der Waals surface area contributed by atoms with Crippen LogP contribution in [0.25, 0.3) is 0 Å². The van der Waals surface area contributed by atoms with Gasteiger partial charge in [0.25, 0.3) is 0 Å². The molecule has 0 bridgehead atoms. The maximum atomic E-state index is 12.9. The molecule has 0 spiro atoms. The topological polar surface area (TPSA) is 61.8 Å². The van der Waals surface area contributed by atoms with Gasteiger partial charge in [0.05, 0.1) is 6.61 Å². The van der Waals surface area contributed by atoms with Crippen LogP contribution in [0.15, 0.2) is 85.1 Å². The van der Waals surface area contributed by atoms with Crippen LogP contribution in [0.3, 0.4) is 0 Å². The van der Waals surface area contributed by atoms with Crippen molar-refractivity contribution in [2.45, 2.75) is 309 Å². The van der Waals surface area contributed by atoms with E-state index in [1.165, 1.54) is 173 Å². The van der Waals surface area contributed by atoms with Gasteiger partial charge in [-0.15, -0.1) is 0 Å². The summed E-state index contributed by atoms with van der Waals surface area (Å²) in [5.41, 5.74) is 0. The Balaban J connectivity index is 4.32. The molecule has 5 heteroatoms. The summed E-state index contributed by atoms with van der Waals surface area (Å²) in [7, 11) is 0. The highest BCUT2D eigenvalue weighted by Crippen LogP contribution is 2.16. The van der Waals surface area contributed by atoms with E-state index < -0.39 is 6.10 Å². The summed E-state index contributed by atoms with van der Waals surface area (Å²) >= 11 is 0. The van der Waals surface area contributed by atoms with Gasteiger partial charge in [0.2, 0.25) is 0 Å². The maximum Gasteiger partial charge on any atom is 0.306 e. The zero-order valence-corrected chi connectivity index (χ0v) is 47.9. The Labute approximate surface area is 448 Å². The number of hydrogen-bond acceptors (Lipinski definition) is 5. The van der Waals surface area contributed by atoms with Gasteiger partial charge in [0.1, 0.15) is 6.61 Å². The van der Waals surface area contributed by atoms with Crippen molar-refractivity contribution in [2.75, 3.05) is 19.8 Å². The average Bonchev–Trinajstić information content (AvgIpc) is 3.38. The summed E-state index contributed by atoms with van der Waals surface area (Å²) in [5, 5.41) is 0. The van der Waals surface area contributed by atoms with Crippen molar-refractivity contribution in [3.63, 3.8) is 0 Å². The summed E-state index contributed by atoms with van der Waals surface area (Å²) in [6.07, 6.45) is 83.3. The number of allylic oxidation sites excluding steroid dienone is 14. The molecule has 0 amide bonds. The molecule has 72 heavy (non-hydrogen) atoms. The zero-order chi connectivity index (χ0) is 52.0. The minimum atomic E-state index is -0.558. The van der Waals surface area contributed by atoms with Gasteiger partial charge in [-0.2, -0.15) is 0 Å². The number of carbonyl (C=O) groups excluding carboxylic acids is 2. The second-order valence-electron chi connectivity index (χ2n) is 20.6. The van der Waals surface area contributed by atoms with E-state index >= 15 is 0 Å². The van der Waals surface area contributed by atoms with Gasteiger partial charge in [0.15, 0.2) is 6.10 Å². The lowest BCUT2D eigenvalue weighted by atomic mass is 10.0. The number of hydrogen-bond donors (Lipinski definition) is 0. The summed E-state index contributed by atoms with van der Waals surface area (Å²) in [5.74, 6) is -0.419. The molecule has 0 rings (SSSR count). The van der Waals surface area contributed by atoms with E-state index in [1.807, 2.05) is 0 Å². The van der Waals surface area contributed by atoms with E-state index in [2.05, 4.69) is 106 Å². The molecule has 0 N–H and O–H groups in total. The first-order valence-corrected chi connectivity index (χ1v) is 31.1. The van der Waals surface area contributed by atoms with Crippen molar-refractivity contribution in [2.24, 2.45) is 0 Å². The van der Waals surface area contributed by atoms with Gasteiger partial charge < -0.3 is 14.2 Å². The van der Waals surface area contributed by atoms with E-state index in [0.717, 1.165) is 96.3 Å². The van der Waals surface area contributed by atoms with Crippen molar-refractivity contribution in [1.29, 1.82) is 0 Å². The van der Waals surface area contributed by atoms with E-state index in [0.29, 0.717) is 19.4 Å². The van der Waals surface area contributed by atoms with E-state index in [-0.39, 0.29) is 25.2 Å². The summed E-state index contributed by atoms with van der Waals surface area (Å²) in [6.45, 7) is 7.68. The number of esters is 2. The molecule has 0 fully saturated rings. The van der Waals surface area contributed by atoms with Gasteiger partial charge in [-0.05, 0) is 96.3 Å². The monoisotopic (exact) mass is 1000 g/mol. The largest absolute Gasteiger partial charge is 0.462 e. The Morgan fingerprint density at radius 3 is 1.03 bits per heavy atom. The van der Waals surface area contributed by atoms with Gasteiger partial charge in [-0.25, -0.2) is 0 Å². The number of rotatable bonds is 57. The van der Waals surface area contributed by atoms with Crippen LogP contribution in [-0.4, -0.2) is 37.9 Å². The first-order valence-electron chi connectivity index (χ1n) is 31.1. The molecule has 0 aliphatic heterocycles. The fourth-order valence-corrected chi connectivity index (χ4v) is 8.80. The van der Waals surface area contributed by atoms with Crippen molar-refractivity contribution in [3.8, 4) is 0 Å². The molecule has 1 unspecified atom stereocenters. The third kappa shape index (κ3) is 59.6. The molecule has 0 saturated heterocycles. The minimum absolute atomic E-state index is 0.0707. The third-order valence-electron chi connectivity index (χ3n) is 13.4. The van der Waals surface area contributed by atoms with Gasteiger partial charge in [-0.1, -0.05) is 279 Å². The van der Waals surface area contributed by atoms with Crippen molar-refractivity contribution in [3.05, 3.63) is 85.1 Å². The van der Waals surface area contributed by atoms with Crippen LogP contribution in [0, 0.1) is 0 Å². The first-order chi connectivity index (χ1) is 35.6. The molecule has 5 nitrogen and oxygen atoms in total. The predicted molar refractivity (Wildman–Crippen MR) is 316 cm³/mol. The number of carbonyl (C=O) groups is 2. The molecular formula is C67H118O5. The first kappa shape index (κ1) is 69.1. The Hall–Kier alpha value is -2.92. The molecule has 0 aliphatic rings. The molecule has 416 valence electrons. The zero-order valence-electron chi connectivity index (χ0n) is 47.9. The molecular weight excluding hydrogens is 885 g/mol. The van der Waals surface area contributed by atoms with E-state index in [4.69, 9.17) is 14.2 Å². The van der Waals surface area contributed by atoms with Crippen molar-refractivity contribution in [1.82, 2.24) is 0 Å². The summed E-state index contributed by atoms with van der Waals surface area (Å²) in [6, 6.07) is 0. The molecule has 0 heterocycles. The molecule has 0 aromatic heterocycles. The number of unbranched alkanes of at least 4 members (excludes halogenated alkanes) is 32. The number of ether oxygens (including phenoxy) is 3. The lowest BCUT2D eigenvalue weighted by Crippen LogP contribution is -2.30. The molecule has 0 radical (unpaired) electrons. The summed E-state index contributed by atoms with van der Waals surface area (Å²) < 4.78 is 17.5. The Morgan fingerprint density at radius 1 is 0.319 bits per heavy atom. The second kappa shape index (κ2) is 62.4. The van der Waals surface area contributed by atoms with Crippen LogP contribution in [-0.2, 0) is 23.8 Å². The van der Waals surface area contributed by atoms with Crippen LogP contribution >= 0.6 is 0 Å². The lowest BCUT2D eigenvalue weighted by Gasteiger charge is -2.18. The molecule has 0 aromatic rings. The molecule has 0 saturated carbocycles. The Morgan fingerprint density at radius 2 is 0.625 bits per heavy atom. The Kier molecular flexibility index (Phi) is 59.8. The molecule has 0 aliphatic carbocycles. The summed E-state index contributed by atoms with van der Waals surface area (Å²) in [4.78, 5) is 25.6. The third-order valence-corrected chi connectivity index (χ3v) is 13.4. The fourth-order valence-electron chi connectivity index (χ4n) is 8.80. The maximum absolute atomic E-state index is 12.9. The minimum Gasteiger partial charge on any atom is -0.462 e. The van der Waals surface area contributed by atoms with Gasteiger partial charge >= 0.3 is 11.9 Å². The van der Waals surface area contributed by atoms with Gasteiger partial charge in [-0.3, -0.25) is 9.59 Å². The van der Waals surface area contributed by atoms with Gasteiger partial charge in [0, 0.05) is 19.4 Å². The standard InChI is InChI=1S/C67H118O5/c1-4-7-10-13-16-19-22-25-28-31-33-35-38-41-44-47-50-53-56-59-62-70-63-65(72-67(69)61-58-55-52-49-46-43-40-36-30-27-24-21-18-15-12-9-6-3)64-71-66(68)60-57-54-51-48-45-42-39-37-34-32-29-26-23-20-17-14-11-8-5-2/h9,12,16,18-19,21,25,27-28,30,33,35,40,43,65H,4-8,10-11,13-15,17,20,22-24,26,29,31-32,34,36-39,41-42,44-64H2,1-3H3/b12-9-,19-16-,21-18-,28-25-,30-27-,35-33-,43-40-. The Bertz CT molecular complexity index is 1320. The average molecular weight is 1000 g/mol. The van der Waals surface area contributed by atoms with E-state index in [1.54, 1.807) is 0 Å². The van der Waals surface area contributed by atoms with Crippen molar-refractivity contribution >= 4 is 11.9 Å². The highest BCUT2D eigenvalue weighted by Gasteiger charge is 2.17. The molecule has 0 aromatic carbocycles. The SMILES string of the molecule is CC/C=C\C/C=C\C/C=C\C/C=C\CCCCCCC(=O)OC(COCCCCCCCCC/C=C\C/C=C\C/C=C\CCCCC)COC(=O)CCCCCCCCCCCCCCCCCCCCC. The highest BCUT2D eigenvalue weighted by atomic mass is 16.6. The normalized spacial score (nSPS) is 12.8. The van der Waals surface area contributed by atoms with Crippen molar-refractivity contribution < 1.29 is 23.8 Å². The smallest absolute Gasteiger partial charge is 0.306 e.